The van der Waals surface area contributed by atoms with Crippen molar-refractivity contribution in [2.45, 2.75) is 64.6 Å². The molecule has 29 heavy (non-hydrogen) atoms. The molecule has 1 aromatic carbocycles. The van der Waals surface area contributed by atoms with Crippen molar-refractivity contribution in [3.63, 3.8) is 0 Å². The van der Waals surface area contributed by atoms with Crippen molar-refractivity contribution in [3.05, 3.63) is 29.8 Å². The van der Waals surface area contributed by atoms with Gasteiger partial charge in [0, 0.05) is 6.04 Å². The number of carbonyl (C=O) groups is 3. The van der Waals surface area contributed by atoms with Crippen LogP contribution in [-0.2, 0) is 15.1 Å². The number of hydrogen-bond donors (Lipinski definition) is 2. The van der Waals surface area contributed by atoms with Gasteiger partial charge < -0.3 is 15.4 Å². The fourth-order valence-electron chi connectivity index (χ4n) is 3.24. The third-order valence-electron chi connectivity index (χ3n) is 4.88. The van der Waals surface area contributed by atoms with E-state index in [9.17, 15) is 23.2 Å². The largest absolute Gasteiger partial charge is 0.435 e. The molecule has 0 bridgehead atoms. The average molecular weight is 411 g/mol. The number of imide groups is 1. The Kier molecular flexibility index (Phi) is 7.53. The van der Waals surface area contributed by atoms with Gasteiger partial charge in [0.15, 0.2) is 0 Å². The second-order valence-corrected chi connectivity index (χ2v) is 7.31. The van der Waals surface area contributed by atoms with Crippen LogP contribution in [0.25, 0.3) is 0 Å². The maximum absolute atomic E-state index is 12.8. The zero-order chi connectivity index (χ0) is 21.6. The van der Waals surface area contributed by atoms with Crippen LogP contribution in [0.15, 0.2) is 24.3 Å². The predicted octanol–water partition coefficient (Wildman–Crippen LogP) is 3.14. The summed E-state index contributed by atoms with van der Waals surface area (Å²) in [6, 6.07) is 4.70. The molecule has 1 heterocycles. The minimum Gasteiger partial charge on any atom is -0.435 e. The van der Waals surface area contributed by atoms with Crippen LogP contribution in [0.3, 0.4) is 0 Å². The zero-order valence-electron chi connectivity index (χ0n) is 16.8. The highest BCUT2D eigenvalue weighted by Gasteiger charge is 2.49. The first kappa shape index (κ1) is 22.6. The van der Waals surface area contributed by atoms with E-state index in [0.717, 1.165) is 30.6 Å². The van der Waals surface area contributed by atoms with Gasteiger partial charge in [0.25, 0.3) is 5.91 Å². The van der Waals surface area contributed by atoms with E-state index in [1.54, 1.807) is 0 Å². The molecule has 7 nitrogen and oxygen atoms in total. The highest BCUT2D eigenvalue weighted by molar-refractivity contribution is 6.09. The smallest absolute Gasteiger partial charge is 0.387 e. The summed E-state index contributed by atoms with van der Waals surface area (Å²) in [6.45, 7) is 2.14. The first-order chi connectivity index (χ1) is 13.7. The van der Waals surface area contributed by atoms with E-state index in [-0.39, 0.29) is 18.3 Å². The van der Waals surface area contributed by atoms with Gasteiger partial charge in [-0.25, -0.2) is 4.79 Å². The number of rotatable bonds is 10. The highest BCUT2D eigenvalue weighted by Crippen LogP contribution is 2.30. The summed E-state index contributed by atoms with van der Waals surface area (Å²) in [5.41, 5.74) is -0.999. The molecule has 0 radical (unpaired) electrons. The Morgan fingerprint density at radius 1 is 1.24 bits per heavy atom. The lowest BCUT2D eigenvalue weighted by Crippen LogP contribution is -2.45. The van der Waals surface area contributed by atoms with E-state index in [1.165, 1.54) is 31.2 Å². The number of amides is 4. The molecule has 4 amide bonds. The molecule has 2 atom stereocenters. The molecule has 2 rings (SSSR count). The van der Waals surface area contributed by atoms with Crippen molar-refractivity contribution in [1.82, 2.24) is 15.5 Å². The zero-order valence-corrected chi connectivity index (χ0v) is 16.8. The molecule has 1 aromatic rings. The van der Waals surface area contributed by atoms with Gasteiger partial charge in [-0.2, -0.15) is 8.78 Å². The molecular formula is C20H27F2N3O4. The standard InChI is InChI=1S/C20H27F2N3O4/c1-4-5-6-7-13(2)23-16(26)12-25-17(27)20(3,24-19(25)28)14-8-10-15(11-9-14)29-18(21)22/h8-11,13,18H,4-7,12H2,1-3H3,(H,23,26)(H,24,28)/t13-,20-/m1/s1. The summed E-state index contributed by atoms with van der Waals surface area (Å²) in [4.78, 5) is 38.3. The van der Waals surface area contributed by atoms with Gasteiger partial charge in [-0.1, -0.05) is 38.3 Å². The Morgan fingerprint density at radius 2 is 1.90 bits per heavy atom. The van der Waals surface area contributed by atoms with Crippen molar-refractivity contribution in [3.8, 4) is 5.75 Å². The SMILES string of the molecule is CCCCC[C@@H](C)NC(=O)CN1C(=O)N[C@](C)(c2ccc(OC(F)F)cc2)C1=O. The van der Waals surface area contributed by atoms with Crippen molar-refractivity contribution in [2.75, 3.05) is 6.54 Å². The molecule has 9 heteroatoms. The summed E-state index contributed by atoms with van der Waals surface area (Å²) in [6.07, 6.45) is 3.97. The van der Waals surface area contributed by atoms with Crippen LogP contribution in [-0.4, -0.2) is 41.9 Å². The van der Waals surface area contributed by atoms with Crippen LogP contribution >= 0.6 is 0 Å². The average Bonchev–Trinajstić information content (AvgIpc) is 2.86. The molecule has 1 aliphatic heterocycles. The molecule has 0 saturated carbocycles. The Labute approximate surface area is 168 Å². The molecule has 0 spiro atoms. The van der Waals surface area contributed by atoms with Crippen molar-refractivity contribution < 1.29 is 27.9 Å². The molecule has 1 saturated heterocycles. The van der Waals surface area contributed by atoms with Gasteiger partial charge in [0.05, 0.1) is 0 Å². The number of nitrogens with zero attached hydrogens (tertiary/aromatic N) is 1. The minimum atomic E-state index is -2.96. The molecule has 0 unspecified atom stereocenters. The number of alkyl halides is 2. The van der Waals surface area contributed by atoms with Gasteiger partial charge in [-0.3, -0.25) is 14.5 Å². The van der Waals surface area contributed by atoms with E-state index in [1.807, 2.05) is 6.92 Å². The molecule has 1 fully saturated rings. The van der Waals surface area contributed by atoms with E-state index in [4.69, 9.17) is 0 Å². The molecular weight excluding hydrogens is 384 g/mol. The van der Waals surface area contributed by atoms with Crippen LogP contribution in [0, 0.1) is 0 Å². The number of ether oxygens (including phenoxy) is 1. The number of benzene rings is 1. The molecule has 2 N–H and O–H groups in total. The summed E-state index contributed by atoms with van der Waals surface area (Å²) in [5.74, 6) is -1.06. The Balaban J connectivity index is 2.01. The van der Waals surface area contributed by atoms with Gasteiger partial charge in [-0.05, 0) is 38.0 Å². The van der Waals surface area contributed by atoms with Gasteiger partial charge >= 0.3 is 12.6 Å². The number of unbranched alkanes of at least 4 members (excludes halogenated alkanes) is 2. The van der Waals surface area contributed by atoms with Gasteiger partial charge in [0.1, 0.15) is 17.8 Å². The fourth-order valence-corrected chi connectivity index (χ4v) is 3.24. The highest BCUT2D eigenvalue weighted by atomic mass is 19.3. The number of nitrogens with one attached hydrogen (secondary N) is 2. The second-order valence-electron chi connectivity index (χ2n) is 7.31. The minimum absolute atomic E-state index is 0.0522. The summed E-state index contributed by atoms with van der Waals surface area (Å²) in [7, 11) is 0. The van der Waals surface area contributed by atoms with Gasteiger partial charge in [0.2, 0.25) is 5.91 Å². The molecule has 0 aromatic heterocycles. The Morgan fingerprint density at radius 3 is 2.48 bits per heavy atom. The molecule has 0 aliphatic carbocycles. The first-order valence-corrected chi connectivity index (χ1v) is 9.66. The van der Waals surface area contributed by atoms with E-state index < -0.39 is 30.0 Å². The predicted molar refractivity (Wildman–Crippen MR) is 102 cm³/mol. The summed E-state index contributed by atoms with van der Waals surface area (Å²) in [5, 5.41) is 5.37. The lowest BCUT2D eigenvalue weighted by Gasteiger charge is -2.22. The topological polar surface area (TPSA) is 87.7 Å². The maximum Gasteiger partial charge on any atom is 0.387 e. The summed E-state index contributed by atoms with van der Waals surface area (Å²) >= 11 is 0. The quantitative estimate of drug-likeness (QED) is 0.457. The normalized spacial score (nSPS) is 20.0. The van der Waals surface area contributed by atoms with Crippen LogP contribution < -0.4 is 15.4 Å². The lowest BCUT2D eigenvalue weighted by atomic mass is 9.92. The van der Waals surface area contributed by atoms with Crippen molar-refractivity contribution >= 4 is 17.8 Å². The van der Waals surface area contributed by atoms with Crippen LogP contribution in [0.4, 0.5) is 13.6 Å². The monoisotopic (exact) mass is 411 g/mol. The third-order valence-corrected chi connectivity index (χ3v) is 4.88. The fraction of sp³-hybridized carbons (Fsp3) is 0.550. The molecule has 160 valence electrons. The maximum atomic E-state index is 12.8. The van der Waals surface area contributed by atoms with Crippen molar-refractivity contribution in [2.24, 2.45) is 0 Å². The second kappa shape index (κ2) is 9.67. The lowest BCUT2D eigenvalue weighted by molar-refractivity contribution is -0.135. The molecule has 1 aliphatic rings. The van der Waals surface area contributed by atoms with Crippen LogP contribution in [0.2, 0.25) is 0 Å². The first-order valence-electron chi connectivity index (χ1n) is 9.66. The Hall–Kier alpha value is -2.71. The number of halogens is 2. The van der Waals surface area contributed by atoms with Gasteiger partial charge in [-0.15, -0.1) is 0 Å². The third kappa shape index (κ3) is 5.65. The van der Waals surface area contributed by atoms with E-state index in [0.29, 0.717) is 5.56 Å². The van der Waals surface area contributed by atoms with Crippen LogP contribution in [0.5, 0.6) is 5.75 Å². The van der Waals surface area contributed by atoms with E-state index >= 15 is 0 Å². The number of urea groups is 1. The number of hydrogen-bond acceptors (Lipinski definition) is 4. The number of carbonyl (C=O) groups excluding carboxylic acids is 3. The Bertz CT molecular complexity index is 742. The van der Waals surface area contributed by atoms with Crippen molar-refractivity contribution in [1.29, 1.82) is 0 Å². The summed E-state index contributed by atoms with van der Waals surface area (Å²) < 4.78 is 28.9. The van der Waals surface area contributed by atoms with Crippen LogP contribution in [0.1, 0.15) is 52.0 Å². The van der Waals surface area contributed by atoms with E-state index in [2.05, 4.69) is 22.3 Å².